The Labute approximate surface area is 190 Å². The molecule has 0 amide bonds. The Morgan fingerprint density at radius 3 is 2.45 bits per heavy atom. The summed E-state index contributed by atoms with van der Waals surface area (Å²) in [6.07, 6.45) is 4.97. The molecule has 0 N–H and O–H groups in total. The van der Waals surface area contributed by atoms with Crippen molar-refractivity contribution in [3.8, 4) is 0 Å². The molecule has 0 radical (unpaired) electrons. The zero-order valence-electron chi connectivity index (χ0n) is 18.3. The minimum Gasteiger partial charge on any atom is -0.396 e. The van der Waals surface area contributed by atoms with Crippen LogP contribution in [0, 0.1) is 17.5 Å². The van der Waals surface area contributed by atoms with Crippen molar-refractivity contribution in [2.75, 3.05) is 19.7 Å². The average molecular weight is 454 g/mol. The molecule has 1 aliphatic heterocycles. The van der Waals surface area contributed by atoms with E-state index in [1.54, 1.807) is 19.2 Å². The number of hydrogen-bond acceptors (Lipinski definition) is 5. The van der Waals surface area contributed by atoms with Gasteiger partial charge in [-0.3, -0.25) is 14.9 Å². The first kappa shape index (κ1) is 22.9. The van der Waals surface area contributed by atoms with Crippen LogP contribution in [0.3, 0.4) is 0 Å². The lowest BCUT2D eigenvalue weighted by molar-refractivity contribution is 0.159. The highest BCUT2D eigenvalue weighted by atomic mass is 19.2. The van der Waals surface area contributed by atoms with Crippen molar-refractivity contribution in [3.63, 3.8) is 0 Å². The predicted molar refractivity (Wildman–Crippen MR) is 119 cm³/mol. The molecule has 33 heavy (non-hydrogen) atoms. The summed E-state index contributed by atoms with van der Waals surface area (Å²) in [6, 6.07) is 10.6. The van der Waals surface area contributed by atoms with Crippen molar-refractivity contribution in [3.05, 3.63) is 94.8 Å². The normalized spacial score (nSPS) is 15.6. The Morgan fingerprint density at radius 1 is 1.00 bits per heavy atom. The fourth-order valence-corrected chi connectivity index (χ4v) is 3.95. The molecule has 1 aliphatic rings. The van der Waals surface area contributed by atoms with E-state index in [0.717, 1.165) is 55.9 Å². The molecule has 1 saturated heterocycles. The summed E-state index contributed by atoms with van der Waals surface area (Å²) in [4.78, 5) is 16.2. The van der Waals surface area contributed by atoms with Gasteiger partial charge in [0.2, 0.25) is 0 Å². The van der Waals surface area contributed by atoms with Crippen molar-refractivity contribution in [1.29, 1.82) is 0 Å². The van der Waals surface area contributed by atoms with E-state index in [2.05, 4.69) is 20.0 Å². The second kappa shape index (κ2) is 10.6. The molecule has 3 aromatic rings. The van der Waals surface area contributed by atoms with Crippen LogP contribution in [0.1, 0.15) is 48.2 Å². The molecule has 172 valence electrons. The largest absolute Gasteiger partial charge is 0.396 e. The Kier molecular flexibility index (Phi) is 7.34. The van der Waals surface area contributed by atoms with Gasteiger partial charge in [-0.25, -0.2) is 13.2 Å². The van der Waals surface area contributed by atoms with Gasteiger partial charge in [-0.2, -0.15) is 0 Å². The minimum absolute atomic E-state index is 0.314. The monoisotopic (exact) mass is 454 g/mol. The molecular formula is C25H25F3N4O. The number of piperidine rings is 1. The van der Waals surface area contributed by atoms with Crippen molar-refractivity contribution in [2.24, 2.45) is 5.16 Å². The molecule has 1 fully saturated rings. The summed E-state index contributed by atoms with van der Waals surface area (Å²) >= 11 is 0. The lowest BCUT2D eigenvalue weighted by Crippen LogP contribution is -2.32. The van der Waals surface area contributed by atoms with Crippen LogP contribution in [0.15, 0.2) is 60.0 Å². The number of likely N-dealkylation sites (tertiary alicyclic amines) is 1. The fourth-order valence-electron chi connectivity index (χ4n) is 3.95. The van der Waals surface area contributed by atoms with Gasteiger partial charge in [0.25, 0.3) is 0 Å². The number of rotatable bonds is 7. The van der Waals surface area contributed by atoms with Gasteiger partial charge >= 0.3 is 0 Å². The number of hydrogen-bond donors (Lipinski definition) is 0. The lowest BCUT2D eigenvalue weighted by atomic mass is 9.93. The van der Waals surface area contributed by atoms with Crippen LogP contribution in [0.2, 0.25) is 0 Å². The molecule has 0 bridgehead atoms. The van der Waals surface area contributed by atoms with Gasteiger partial charge < -0.3 is 4.84 Å². The first-order valence-electron chi connectivity index (χ1n) is 11.0. The summed E-state index contributed by atoms with van der Waals surface area (Å²) in [5.74, 6) is -1.84. The molecular weight excluding hydrogens is 429 g/mol. The molecule has 8 heteroatoms. The summed E-state index contributed by atoms with van der Waals surface area (Å²) in [7, 11) is 0. The highest BCUT2D eigenvalue weighted by Gasteiger charge is 2.22. The third-order valence-electron chi connectivity index (χ3n) is 5.71. The summed E-state index contributed by atoms with van der Waals surface area (Å²) < 4.78 is 40.2. The van der Waals surface area contributed by atoms with E-state index in [-0.39, 0.29) is 5.82 Å². The van der Waals surface area contributed by atoms with Crippen LogP contribution >= 0.6 is 0 Å². The van der Waals surface area contributed by atoms with E-state index >= 15 is 0 Å². The highest BCUT2D eigenvalue weighted by molar-refractivity contribution is 6.11. The zero-order chi connectivity index (χ0) is 23.2. The molecule has 0 spiro atoms. The van der Waals surface area contributed by atoms with E-state index < -0.39 is 11.6 Å². The van der Waals surface area contributed by atoms with Gasteiger partial charge in [-0.15, -0.1) is 0 Å². The maximum atomic E-state index is 13.7. The molecule has 3 heterocycles. The third kappa shape index (κ3) is 5.76. The number of nitrogens with zero attached hydrogens (tertiary/aromatic N) is 4. The second-order valence-electron chi connectivity index (χ2n) is 7.99. The number of aromatic nitrogens is 2. The topological polar surface area (TPSA) is 50.6 Å². The standard InChI is InChI=1S/C25H25F3N4O/c1-2-33-31-25(19-4-6-21(27)22(28)13-19)24-7-3-17(14-29-24)16-32-11-9-18(10-12-32)23-8-5-20(26)15-30-23/h3-8,13-15,18H,2,9-12,16H2,1H3. The Hall–Kier alpha value is -3.26. The van der Waals surface area contributed by atoms with E-state index in [0.29, 0.717) is 29.5 Å². The van der Waals surface area contributed by atoms with E-state index in [1.807, 2.05) is 12.1 Å². The Morgan fingerprint density at radius 2 is 1.82 bits per heavy atom. The fraction of sp³-hybridized carbons (Fsp3) is 0.320. The van der Waals surface area contributed by atoms with Crippen LogP contribution in [-0.2, 0) is 11.4 Å². The van der Waals surface area contributed by atoms with Crippen molar-refractivity contribution >= 4 is 5.71 Å². The van der Waals surface area contributed by atoms with Gasteiger partial charge in [0.15, 0.2) is 11.6 Å². The van der Waals surface area contributed by atoms with E-state index in [9.17, 15) is 13.2 Å². The highest BCUT2D eigenvalue weighted by Crippen LogP contribution is 2.27. The number of benzene rings is 1. The first-order valence-corrected chi connectivity index (χ1v) is 11.0. The minimum atomic E-state index is -0.951. The quantitative estimate of drug-likeness (QED) is 0.370. The van der Waals surface area contributed by atoms with Gasteiger partial charge in [0.1, 0.15) is 18.1 Å². The number of halogens is 3. The average Bonchev–Trinajstić information content (AvgIpc) is 2.83. The molecule has 4 rings (SSSR count). The van der Waals surface area contributed by atoms with Gasteiger partial charge in [-0.1, -0.05) is 11.2 Å². The van der Waals surface area contributed by atoms with Crippen LogP contribution in [0.5, 0.6) is 0 Å². The molecule has 0 saturated carbocycles. The second-order valence-corrected chi connectivity index (χ2v) is 7.99. The third-order valence-corrected chi connectivity index (χ3v) is 5.71. The van der Waals surface area contributed by atoms with Crippen molar-refractivity contribution in [2.45, 2.75) is 32.2 Å². The molecule has 0 aliphatic carbocycles. The first-order chi connectivity index (χ1) is 16.0. The Bertz CT molecular complexity index is 1100. The van der Waals surface area contributed by atoms with E-state index in [1.165, 1.54) is 18.3 Å². The molecule has 0 unspecified atom stereocenters. The van der Waals surface area contributed by atoms with E-state index in [4.69, 9.17) is 4.84 Å². The van der Waals surface area contributed by atoms with Gasteiger partial charge in [-0.05, 0) is 74.8 Å². The zero-order valence-corrected chi connectivity index (χ0v) is 18.3. The number of pyridine rings is 2. The Balaban J connectivity index is 1.41. The summed E-state index contributed by atoms with van der Waals surface area (Å²) in [5, 5.41) is 4.07. The van der Waals surface area contributed by atoms with Crippen LogP contribution in [0.25, 0.3) is 0 Å². The smallest absolute Gasteiger partial charge is 0.159 e. The van der Waals surface area contributed by atoms with Gasteiger partial charge in [0.05, 0.1) is 11.9 Å². The molecule has 1 aromatic carbocycles. The predicted octanol–water partition coefficient (Wildman–Crippen LogP) is 5.06. The van der Waals surface area contributed by atoms with Crippen LogP contribution < -0.4 is 0 Å². The van der Waals surface area contributed by atoms with Crippen molar-refractivity contribution in [1.82, 2.24) is 14.9 Å². The molecule has 5 nitrogen and oxygen atoms in total. The summed E-state index contributed by atoms with van der Waals surface area (Å²) in [5.41, 5.74) is 3.23. The molecule has 2 aromatic heterocycles. The maximum absolute atomic E-state index is 13.7. The summed E-state index contributed by atoms with van der Waals surface area (Å²) in [6.45, 7) is 4.71. The SMILES string of the molecule is CCON=C(c1ccc(F)c(F)c1)c1ccc(CN2CCC(c3ccc(F)cn3)CC2)cn1. The number of oxime groups is 1. The maximum Gasteiger partial charge on any atom is 0.159 e. The lowest BCUT2D eigenvalue weighted by Gasteiger charge is -2.31. The van der Waals surface area contributed by atoms with Crippen LogP contribution in [-0.4, -0.2) is 40.3 Å². The van der Waals surface area contributed by atoms with Crippen LogP contribution in [0.4, 0.5) is 13.2 Å². The molecule has 0 atom stereocenters. The van der Waals surface area contributed by atoms with Gasteiger partial charge in [0, 0.05) is 29.9 Å². The van der Waals surface area contributed by atoms with Crippen molar-refractivity contribution < 1.29 is 18.0 Å².